The molecule has 1 aliphatic rings. The maximum absolute atomic E-state index is 12.3. The van der Waals surface area contributed by atoms with Gasteiger partial charge in [0.05, 0.1) is 6.20 Å². The van der Waals surface area contributed by atoms with Crippen LogP contribution >= 0.6 is 0 Å². The van der Waals surface area contributed by atoms with Gasteiger partial charge in [-0.2, -0.15) is 5.10 Å². The molecule has 2 aromatic rings. The molecule has 1 N–H and O–H groups in total. The monoisotopic (exact) mass is 287 g/mol. The number of nitrogens with one attached hydrogen (secondary N) is 1. The minimum absolute atomic E-state index is 0.166. The second-order valence-corrected chi connectivity index (χ2v) is 5.11. The highest BCUT2D eigenvalue weighted by atomic mass is 16.6. The molecule has 1 aromatic carbocycles. The van der Waals surface area contributed by atoms with E-state index in [2.05, 4.69) is 10.4 Å². The topological polar surface area (TPSA) is 65.4 Å². The number of para-hydroxylation sites is 2. The van der Waals surface area contributed by atoms with E-state index >= 15 is 0 Å². The second kappa shape index (κ2) is 5.47. The Kier molecular flexibility index (Phi) is 3.51. The third-order valence-corrected chi connectivity index (χ3v) is 3.21. The Morgan fingerprint density at radius 1 is 1.33 bits per heavy atom. The quantitative estimate of drug-likeness (QED) is 0.940. The Hall–Kier alpha value is -2.50. The van der Waals surface area contributed by atoms with Crippen LogP contribution in [0.4, 0.5) is 5.82 Å². The molecule has 2 heterocycles. The smallest absolute Gasteiger partial charge is 0.270 e. The van der Waals surface area contributed by atoms with Crippen molar-refractivity contribution in [2.75, 3.05) is 11.9 Å². The maximum Gasteiger partial charge on any atom is 0.270 e. The molecule has 0 aliphatic carbocycles. The summed E-state index contributed by atoms with van der Waals surface area (Å²) in [4.78, 5) is 12.3. The molecule has 0 bridgehead atoms. The third kappa shape index (κ3) is 2.69. The van der Waals surface area contributed by atoms with E-state index in [0.717, 1.165) is 0 Å². The van der Waals surface area contributed by atoms with Crippen molar-refractivity contribution in [1.29, 1.82) is 0 Å². The first-order valence-corrected chi connectivity index (χ1v) is 6.88. The highest BCUT2D eigenvalue weighted by Gasteiger charge is 2.28. The SMILES string of the molecule is CC(C)n1nccc1NC(=O)C1COc2ccccc2O1. The zero-order valence-corrected chi connectivity index (χ0v) is 11.9. The number of fused-ring (bicyclic) bond motifs is 1. The van der Waals surface area contributed by atoms with E-state index in [1.54, 1.807) is 23.0 Å². The van der Waals surface area contributed by atoms with Gasteiger partial charge in [-0.1, -0.05) is 12.1 Å². The first-order valence-electron chi connectivity index (χ1n) is 6.88. The van der Waals surface area contributed by atoms with Gasteiger partial charge in [0.25, 0.3) is 5.91 Å². The van der Waals surface area contributed by atoms with Crippen molar-refractivity contribution >= 4 is 11.7 Å². The first kappa shape index (κ1) is 13.5. The lowest BCUT2D eigenvalue weighted by Gasteiger charge is -2.25. The summed E-state index contributed by atoms with van der Waals surface area (Å²) in [5.74, 6) is 1.65. The van der Waals surface area contributed by atoms with Crippen molar-refractivity contribution in [3.05, 3.63) is 36.5 Å². The lowest BCUT2D eigenvalue weighted by molar-refractivity contribution is -0.125. The van der Waals surface area contributed by atoms with Gasteiger partial charge in [0, 0.05) is 12.1 Å². The molecular weight excluding hydrogens is 270 g/mol. The van der Waals surface area contributed by atoms with E-state index in [-0.39, 0.29) is 18.6 Å². The fourth-order valence-corrected chi connectivity index (χ4v) is 2.18. The molecule has 1 unspecified atom stereocenters. The van der Waals surface area contributed by atoms with E-state index < -0.39 is 6.10 Å². The van der Waals surface area contributed by atoms with Crippen LogP contribution in [0.2, 0.25) is 0 Å². The molecule has 0 spiro atoms. The van der Waals surface area contributed by atoms with Crippen LogP contribution in [-0.2, 0) is 4.79 Å². The van der Waals surface area contributed by atoms with Crippen LogP contribution < -0.4 is 14.8 Å². The number of hydrogen-bond donors (Lipinski definition) is 1. The van der Waals surface area contributed by atoms with Crippen LogP contribution in [-0.4, -0.2) is 28.4 Å². The largest absolute Gasteiger partial charge is 0.485 e. The third-order valence-electron chi connectivity index (χ3n) is 3.21. The van der Waals surface area contributed by atoms with Crippen LogP contribution in [0, 0.1) is 0 Å². The molecule has 110 valence electrons. The fourth-order valence-electron chi connectivity index (χ4n) is 2.18. The van der Waals surface area contributed by atoms with Crippen LogP contribution in [0.5, 0.6) is 11.5 Å². The predicted molar refractivity (Wildman–Crippen MR) is 77.6 cm³/mol. The van der Waals surface area contributed by atoms with E-state index in [1.165, 1.54) is 0 Å². The molecular formula is C15H17N3O3. The number of hydrogen-bond acceptors (Lipinski definition) is 4. The molecule has 1 amide bonds. The van der Waals surface area contributed by atoms with Gasteiger partial charge in [-0.05, 0) is 26.0 Å². The van der Waals surface area contributed by atoms with Crippen molar-refractivity contribution in [3.8, 4) is 11.5 Å². The second-order valence-electron chi connectivity index (χ2n) is 5.11. The van der Waals surface area contributed by atoms with Crippen LogP contribution in [0.3, 0.4) is 0 Å². The lowest BCUT2D eigenvalue weighted by Crippen LogP contribution is -2.40. The van der Waals surface area contributed by atoms with Crippen molar-refractivity contribution in [3.63, 3.8) is 0 Å². The number of rotatable bonds is 3. The Bertz CT molecular complexity index is 651. The fraction of sp³-hybridized carbons (Fsp3) is 0.333. The van der Waals surface area contributed by atoms with Crippen molar-refractivity contribution in [2.24, 2.45) is 0 Å². The van der Waals surface area contributed by atoms with Gasteiger partial charge in [0.1, 0.15) is 12.4 Å². The molecule has 1 atom stereocenters. The van der Waals surface area contributed by atoms with Gasteiger partial charge < -0.3 is 14.8 Å². The summed E-state index contributed by atoms with van der Waals surface area (Å²) in [6, 6.07) is 9.24. The molecule has 0 saturated carbocycles. The minimum atomic E-state index is -0.671. The Morgan fingerprint density at radius 3 is 2.86 bits per heavy atom. The number of ether oxygens (including phenoxy) is 2. The molecule has 3 rings (SSSR count). The van der Waals surface area contributed by atoms with E-state index in [1.807, 2.05) is 32.0 Å². The van der Waals surface area contributed by atoms with E-state index in [0.29, 0.717) is 17.3 Å². The number of anilines is 1. The average Bonchev–Trinajstić information content (AvgIpc) is 2.95. The van der Waals surface area contributed by atoms with Gasteiger partial charge in [0.2, 0.25) is 6.10 Å². The zero-order chi connectivity index (χ0) is 14.8. The molecule has 1 aromatic heterocycles. The van der Waals surface area contributed by atoms with Gasteiger partial charge in [-0.25, -0.2) is 4.68 Å². The predicted octanol–water partition coefficient (Wildman–Crippen LogP) is 2.24. The Balaban J connectivity index is 1.71. The van der Waals surface area contributed by atoms with Crippen molar-refractivity contribution in [2.45, 2.75) is 26.0 Å². The highest BCUT2D eigenvalue weighted by molar-refractivity contribution is 5.94. The molecule has 1 aliphatic heterocycles. The summed E-state index contributed by atoms with van der Waals surface area (Å²) >= 11 is 0. The molecule has 6 heteroatoms. The summed E-state index contributed by atoms with van der Waals surface area (Å²) < 4.78 is 13.0. The Labute approximate surface area is 122 Å². The standard InChI is InChI=1S/C15H17N3O3/c1-10(2)18-14(7-8-16-18)17-15(19)13-9-20-11-5-3-4-6-12(11)21-13/h3-8,10,13H,9H2,1-2H3,(H,17,19). The van der Waals surface area contributed by atoms with Crippen molar-refractivity contribution in [1.82, 2.24) is 9.78 Å². The number of amides is 1. The van der Waals surface area contributed by atoms with Crippen molar-refractivity contribution < 1.29 is 14.3 Å². The minimum Gasteiger partial charge on any atom is -0.485 e. The summed E-state index contributed by atoms with van der Waals surface area (Å²) in [6.07, 6.45) is 0.985. The summed E-state index contributed by atoms with van der Waals surface area (Å²) in [6.45, 7) is 4.19. The number of nitrogens with zero attached hydrogens (tertiary/aromatic N) is 2. The molecule has 21 heavy (non-hydrogen) atoms. The lowest BCUT2D eigenvalue weighted by atomic mass is 10.2. The van der Waals surface area contributed by atoms with E-state index in [9.17, 15) is 4.79 Å². The summed E-state index contributed by atoms with van der Waals surface area (Å²) in [5, 5.41) is 7.01. The number of benzene rings is 1. The van der Waals surface area contributed by atoms with Crippen LogP contribution in [0.25, 0.3) is 0 Å². The molecule has 6 nitrogen and oxygen atoms in total. The summed E-state index contributed by atoms with van der Waals surface area (Å²) in [5.41, 5.74) is 0. The number of aromatic nitrogens is 2. The zero-order valence-electron chi connectivity index (χ0n) is 11.9. The maximum atomic E-state index is 12.3. The average molecular weight is 287 g/mol. The van der Waals surface area contributed by atoms with Crippen LogP contribution in [0.15, 0.2) is 36.5 Å². The highest BCUT2D eigenvalue weighted by Crippen LogP contribution is 2.31. The van der Waals surface area contributed by atoms with E-state index in [4.69, 9.17) is 9.47 Å². The normalized spacial score (nSPS) is 16.8. The molecule has 0 fully saturated rings. The summed E-state index contributed by atoms with van der Waals surface area (Å²) in [7, 11) is 0. The van der Waals surface area contributed by atoms with Gasteiger partial charge >= 0.3 is 0 Å². The molecule has 0 saturated heterocycles. The number of carbonyl (C=O) groups is 1. The molecule has 0 radical (unpaired) electrons. The first-order chi connectivity index (χ1) is 10.1. The van der Waals surface area contributed by atoms with Gasteiger partial charge in [0.15, 0.2) is 11.5 Å². The Morgan fingerprint density at radius 2 is 2.10 bits per heavy atom. The number of carbonyl (C=O) groups excluding carboxylic acids is 1. The van der Waals surface area contributed by atoms with Gasteiger partial charge in [-0.3, -0.25) is 4.79 Å². The van der Waals surface area contributed by atoms with Gasteiger partial charge in [-0.15, -0.1) is 0 Å². The van der Waals surface area contributed by atoms with Crippen LogP contribution in [0.1, 0.15) is 19.9 Å².